The summed E-state index contributed by atoms with van der Waals surface area (Å²) in [6, 6.07) is 10.8. The summed E-state index contributed by atoms with van der Waals surface area (Å²) in [5.74, 6) is 0.225. The van der Waals surface area contributed by atoms with Gasteiger partial charge in [-0.05, 0) is 31.7 Å². The highest BCUT2D eigenvalue weighted by Gasteiger charge is 2.30. The number of carbonyl (C=O) groups excluding carboxylic acids is 1. The van der Waals surface area contributed by atoms with E-state index in [9.17, 15) is 4.79 Å². The summed E-state index contributed by atoms with van der Waals surface area (Å²) in [6.45, 7) is 2.81. The van der Waals surface area contributed by atoms with Gasteiger partial charge in [0.2, 0.25) is 5.91 Å². The molecule has 1 heterocycles. The molecule has 2 unspecified atom stereocenters. The Labute approximate surface area is 111 Å². The van der Waals surface area contributed by atoms with Crippen LogP contribution in [-0.4, -0.2) is 28.2 Å². The van der Waals surface area contributed by atoms with Crippen molar-refractivity contribution >= 4 is 21.8 Å². The number of alkyl halides is 1. The maximum atomic E-state index is 12.0. The lowest BCUT2D eigenvalue weighted by Gasteiger charge is -2.26. The third-order valence-corrected chi connectivity index (χ3v) is 3.71. The topological polar surface area (TPSA) is 20.3 Å². The molecule has 0 N–H and O–H groups in total. The number of halogens is 1. The van der Waals surface area contributed by atoms with Crippen LogP contribution in [0.15, 0.2) is 30.3 Å². The van der Waals surface area contributed by atoms with Crippen molar-refractivity contribution in [3.63, 3.8) is 0 Å². The molecule has 2 nitrogen and oxygen atoms in total. The van der Waals surface area contributed by atoms with Crippen LogP contribution in [-0.2, 0) is 11.2 Å². The summed E-state index contributed by atoms with van der Waals surface area (Å²) < 4.78 is 0. The van der Waals surface area contributed by atoms with Gasteiger partial charge >= 0.3 is 0 Å². The fourth-order valence-electron chi connectivity index (χ4n) is 2.45. The smallest absolute Gasteiger partial charge is 0.236 e. The average molecular weight is 296 g/mol. The number of carbonyl (C=O) groups is 1. The largest absolute Gasteiger partial charge is 0.338 e. The van der Waals surface area contributed by atoms with Crippen LogP contribution in [0.4, 0.5) is 0 Å². The van der Waals surface area contributed by atoms with E-state index in [1.807, 2.05) is 17.9 Å². The normalized spacial score (nSPS) is 21.5. The molecule has 3 heteroatoms. The zero-order valence-electron chi connectivity index (χ0n) is 10.1. The molecule has 17 heavy (non-hydrogen) atoms. The number of rotatable bonds is 3. The molecule has 1 saturated heterocycles. The van der Waals surface area contributed by atoms with Gasteiger partial charge in [0.05, 0.1) is 4.83 Å². The Kier molecular flexibility index (Phi) is 4.21. The minimum atomic E-state index is -0.0705. The van der Waals surface area contributed by atoms with Crippen molar-refractivity contribution in [1.82, 2.24) is 4.90 Å². The van der Waals surface area contributed by atoms with E-state index in [1.165, 1.54) is 5.56 Å². The van der Waals surface area contributed by atoms with E-state index in [0.717, 1.165) is 25.8 Å². The van der Waals surface area contributed by atoms with Crippen LogP contribution >= 0.6 is 15.9 Å². The first kappa shape index (κ1) is 12.6. The van der Waals surface area contributed by atoms with Gasteiger partial charge in [-0.15, -0.1) is 0 Å². The van der Waals surface area contributed by atoms with Gasteiger partial charge in [0.1, 0.15) is 0 Å². The first-order chi connectivity index (χ1) is 8.18. The molecule has 92 valence electrons. The van der Waals surface area contributed by atoms with Gasteiger partial charge in [-0.25, -0.2) is 0 Å². The van der Waals surface area contributed by atoms with Crippen LogP contribution in [0.2, 0.25) is 0 Å². The highest BCUT2D eigenvalue weighted by atomic mass is 79.9. The molecule has 0 spiro atoms. The van der Waals surface area contributed by atoms with Gasteiger partial charge in [-0.2, -0.15) is 0 Å². The molecular weight excluding hydrogens is 278 g/mol. The second kappa shape index (κ2) is 5.67. The minimum Gasteiger partial charge on any atom is -0.338 e. The Morgan fingerprint density at radius 2 is 2.18 bits per heavy atom. The summed E-state index contributed by atoms with van der Waals surface area (Å²) in [5.41, 5.74) is 1.32. The Bertz CT molecular complexity index is 377. The molecule has 2 atom stereocenters. The quantitative estimate of drug-likeness (QED) is 0.785. The lowest BCUT2D eigenvalue weighted by molar-refractivity contribution is -0.130. The molecule has 2 rings (SSSR count). The monoisotopic (exact) mass is 295 g/mol. The molecule has 0 aliphatic carbocycles. The lowest BCUT2D eigenvalue weighted by atomic mass is 10.0. The van der Waals surface area contributed by atoms with Crippen LogP contribution in [0, 0.1) is 0 Å². The maximum Gasteiger partial charge on any atom is 0.236 e. The van der Waals surface area contributed by atoms with Crippen LogP contribution in [0.25, 0.3) is 0 Å². The molecule has 0 saturated carbocycles. The predicted molar refractivity (Wildman–Crippen MR) is 73.3 cm³/mol. The van der Waals surface area contributed by atoms with E-state index in [0.29, 0.717) is 6.04 Å². The van der Waals surface area contributed by atoms with Gasteiger partial charge in [0, 0.05) is 12.6 Å². The first-order valence-corrected chi connectivity index (χ1v) is 7.08. The van der Waals surface area contributed by atoms with Crippen LogP contribution < -0.4 is 0 Å². The number of nitrogens with zero attached hydrogens (tertiary/aromatic N) is 1. The van der Waals surface area contributed by atoms with E-state index in [4.69, 9.17) is 0 Å². The molecular formula is C14H18BrNO. The second-order valence-electron chi connectivity index (χ2n) is 4.63. The highest BCUT2D eigenvalue weighted by Crippen LogP contribution is 2.23. The summed E-state index contributed by atoms with van der Waals surface area (Å²) in [5, 5.41) is 0. The van der Waals surface area contributed by atoms with Crippen molar-refractivity contribution in [1.29, 1.82) is 0 Å². The van der Waals surface area contributed by atoms with Crippen LogP contribution in [0.5, 0.6) is 0 Å². The number of hydrogen-bond acceptors (Lipinski definition) is 1. The standard InChI is InChI=1S/C14H18BrNO/c1-11(15)14(17)16-9-5-8-13(16)10-12-6-3-2-4-7-12/h2-4,6-7,11,13H,5,8-10H2,1H3. The van der Waals surface area contributed by atoms with Crippen molar-refractivity contribution in [3.8, 4) is 0 Å². The van der Waals surface area contributed by atoms with Gasteiger partial charge in [-0.1, -0.05) is 46.3 Å². The second-order valence-corrected chi connectivity index (χ2v) is 6.01. The molecule has 1 aliphatic heterocycles. The molecule has 1 fully saturated rings. The molecule has 1 aromatic rings. The molecule has 1 aromatic carbocycles. The van der Waals surface area contributed by atoms with E-state index >= 15 is 0 Å². The molecule has 0 bridgehead atoms. The zero-order valence-corrected chi connectivity index (χ0v) is 11.7. The zero-order chi connectivity index (χ0) is 12.3. The molecule has 1 amide bonds. The summed E-state index contributed by atoms with van der Waals surface area (Å²) >= 11 is 3.37. The van der Waals surface area contributed by atoms with Gasteiger partial charge in [0.25, 0.3) is 0 Å². The van der Waals surface area contributed by atoms with Gasteiger partial charge in [-0.3, -0.25) is 4.79 Å². The van der Waals surface area contributed by atoms with Gasteiger partial charge in [0.15, 0.2) is 0 Å². The third-order valence-electron chi connectivity index (χ3n) is 3.31. The van der Waals surface area contributed by atoms with Crippen molar-refractivity contribution in [2.45, 2.75) is 37.1 Å². The number of hydrogen-bond donors (Lipinski definition) is 0. The summed E-state index contributed by atoms with van der Waals surface area (Å²) in [6.07, 6.45) is 3.23. The fraction of sp³-hybridized carbons (Fsp3) is 0.500. The van der Waals surface area contributed by atoms with E-state index in [-0.39, 0.29) is 10.7 Å². The Balaban J connectivity index is 2.03. The summed E-state index contributed by atoms with van der Waals surface area (Å²) in [4.78, 5) is 14.0. The average Bonchev–Trinajstić information content (AvgIpc) is 2.77. The Morgan fingerprint density at radius 3 is 2.82 bits per heavy atom. The Hall–Kier alpha value is -0.830. The van der Waals surface area contributed by atoms with Crippen LogP contribution in [0.3, 0.4) is 0 Å². The number of benzene rings is 1. The number of amides is 1. The fourth-order valence-corrected chi connectivity index (χ4v) is 2.72. The molecule has 0 radical (unpaired) electrons. The van der Waals surface area contributed by atoms with E-state index in [1.54, 1.807) is 0 Å². The maximum absolute atomic E-state index is 12.0. The SMILES string of the molecule is CC(Br)C(=O)N1CCCC1Cc1ccccc1. The van der Waals surface area contributed by atoms with E-state index in [2.05, 4.69) is 40.2 Å². The molecule has 1 aliphatic rings. The predicted octanol–water partition coefficient (Wildman–Crippen LogP) is 3.00. The Morgan fingerprint density at radius 1 is 1.47 bits per heavy atom. The first-order valence-electron chi connectivity index (χ1n) is 6.17. The third kappa shape index (κ3) is 3.09. The van der Waals surface area contributed by atoms with Gasteiger partial charge < -0.3 is 4.90 Å². The van der Waals surface area contributed by atoms with Crippen molar-refractivity contribution in [3.05, 3.63) is 35.9 Å². The van der Waals surface area contributed by atoms with Crippen LogP contribution in [0.1, 0.15) is 25.3 Å². The minimum absolute atomic E-state index is 0.0705. The van der Waals surface area contributed by atoms with Crippen molar-refractivity contribution < 1.29 is 4.79 Å². The number of likely N-dealkylation sites (tertiary alicyclic amines) is 1. The van der Waals surface area contributed by atoms with E-state index < -0.39 is 0 Å². The summed E-state index contributed by atoms with van der Waals surface area (Å²) in [7, 11) is 0. The lowest BCUT2D eigenvalue weighted by Crippen LogP contribution is -2.40. The van der Waals surface area contributed by atoms with Crippen molar-refractivity contribution in [2.24, 2.45) is 0 Å². The molecule has 0 aromatic heterocycles. The van der Waals surface area contributed by atoms with Crippen molar-refractivity contribution in [2.75, 3.05) is 6.54 Å². The highest BCUT2D eigenvalue weighted by molar-refractivity contribution is 9.10.